The second kappa shape index (κ2) is 9.06. The summed E-state index contributed by atoms with van der Waals surface area (Å²) in [6.45, 7) is 2.35. The fourth-order valence-electron chi connectivity index (χ4n) is 5.18. The van der Waals surface area contributed by atoms with Gasteiger partial charge in [0.05, 0.1) is 17.0 Å². The Bertz CT molecular complexity index is 1220. The highest BCUT2D eigenvalue weighted by atomic mass is 35.5. The number of halogens is 1. The number of hydrogen-bond donors (Lipinski definition) is 1. The Kier molecular flexibility index (Phi) is 5.98. The lowest BCUT2D eigenvalue weighted by molar-refractivity contribution is -0.138. The van der Waals surface area contributed by atoms with Crippen molar-refractivity contribution in [3.05, 3.63) is 69.6 Å². The van der Waals surface area contributed by atoms with Crippen LogP contribution in [0.4, 0.5) is 0 Å². The third-order valence-corrected chi connectivity index (χ3v) is 7.17. The van der Waals surface area contributed by atoms with Crippen molar-refractivity contribution in [3.8, 4) is 0 Å². The lowest BCUT2D eigenvalue weighted by Gasteiger charge is -2.38. The quantitative estimate of drug-likeness (QED) is 0.639. The maximum atomic E-state index is 13.3. The van der Waals surface area contributed by atoms with Crippen molar-refractivity contribution >= 4 is 34.4 Å². The van der Waals surface area contributed by atoms with Crippen LogP contribution in [0, 0.1) is 5.92 Å². The molecular weight excluding hydrogens is 440 g/mol. The van der Waals surface area contributed by atoms with Crippen LogP contribution < -0.4 is 5.69 Å². The first-order chi connectivity index (χ1) is 16.0. The number of imidazole rings is 1. The van der Waals surface area contributed by atoms with Gasteiger partial charge in [0.2, 0.25) is 5.91 Å². The first kappa shape index (κ1) is 21.8. The average molecular weight is 467 g/mol. The molecule has 7 nitrogen and oxygen atoms in total. The van der Waals surface area contributed by atoms with Crippen LogP contribution in [0.3, 0.4) is 0 Å². The molecule has 2 fully saturated rings. The van der Waals surface area contributed by atoms with E-state index in [0.29, 0.717) is 36.8 Å². The van der Waals surface area contributed by atoms with Crippen LogP contribution >= 0.6 is 11.6 Å². The highest BCUT2D eigenvalue weighted by Crippen LogP contribution is 2.28. The van der Waals surface area contributed by atoms with Crippen LogP contribution in [0.15, 0.2) is 53.3 Å². The lowest BCUT2D eigenvalue weighted by atomic mass is 9.94. The number of carbonyl (C=O) groups excluding carboxylic acids is 2. The van der Waals surface area contributed by atoms with E-state index < -0.39 is 0 Å². The summed E-state index contributed by atoms with van der Waals surface area (Å²) in [6.07, 6.45) is 3.10. The minimum atomic E-state index is -0.178. The Morgan fingerprint density at radius 3 is 2.39 bits per heavy atom. The van der Waals surface area contributed by atoms with E-state index in [2.05, 4.69) is 4.98 Å². The van der Waals surface area contributed by atoms with Gasteiger partial charge < -0.3 is 14.8 Å². The maximum absolute atomic E-state index is 13.3. The van der Waals surface area contributed by atoms with E-state index in [-0.39, 0.29) is 29.5 Å². The molecule has 2 aromatic carbocycles. The Morgan fingerprint density at radius 2 is 1.64 bits per heavy atom. The third kappa shape index (κ3) is 4.29. The molecule has 0 radical (unpaired) electrons. The summed E-state index contributed by atoms with van der Waals surface area (Å²) in [7, 11) is 0. The number of likely N-dealkylation sites (tertiary alicyclic amines) is 2. The predicted octanol–water partition coefficient (Wildman–Crippen LogP) is 3.70. The summed E-state index contributed by atoms with van der Waals surface area (Å²) in [5.74, 6) is -0.114. The SMILES string of the molecule is O=C(c1ccc(Cl)cc1)N1CCC[C@H](C(=O)N2CCC(n3c(=O)[nH]c4ccccc43)CC2)C1. The first-order valence-corrected chi connectivity index (χ1v) is 11.9. The molecule has 0 spiro atoms. The summed E-state index contributed by atoms with van der Waals surface area (Å²) >= 11 is 5.94. The van der Waals surface area contributed by atoms with Crippen molar-refractivity contribution in [2.75, 3.05) is 26.2 Å². The van der Waals surface area contributed by atoms with E-state index in [1.807, 2.05) is 33.7 Å². The minimum Gasteiger partial charge on any atom is -0.342 e. The molecule has 2 amide bonds. The molecule has 5 rings (SSSR count). The van der Waals surface area contributed by atoms with Gasteiger partial charge in [-0.05, 0) is 62.1 Å². The van der Waals surface area contributed by atoms with Crippen LogP contribution in [0.25, 0.3) is 11.0 Å². The van der Waals surface area contributed by atoms with Crippen LogP contribution in [-0.4, -0.2) is 57.3 Å². The largest absolute Gasteiger partial charge is 0.342 e. The molecule has 2 aliphatic heterocycles. The molecule has 0 aliphatic carbocycles. The molecule has 1 aromatic heterocycles. The zero-order valence-corrected chi connectivity index (χ0v) is 19.1. The van der Waals surface area contributed by atoms with Gasteiger partial charge in [0.25, 0.3) is 5.91 Å². The normalized spacial score (nSPS) is 19.7. The standard InChI is InChI=1S/C25H27ClN4O3/c26-19-9-7-17(8-10-19)23(31)29-13-3-4-18(16-29)24(32)28-14-11-20(12-15-28)30-22-6-2-1-5-21(22)27-25(30)33/h1-2,5-10,18,20H,3-4,11-16H2,(H,27,33)/t18-/m0/s1. The fourth-order valence-corrected chi connectivity index (χ4v) is 5.30. The third-order valence-electron chi connectivity index (χ3n) is 6.91. The smallest absolute Gasteiger partial charge is 0.326 e. The van der Waals surface area contributed by atoms with Crippen molar-refractivity contribution in [2.24, 2.45) is 5.92 Å². The van der Waals surface area contributed by atoms with Gasteiger partial charge in [-0.2, -0.15) is 0 Å². The number of benzene rings is 2. The van der Waals surface area contributed by atoms with Gasteiger partial charge in [-0.3, -0.25) is 14.2 Å². The number of fused-ring (bicyclic) bond motifs is 1. The molecular formula is C25H27ClN4O3. The van der Waals surface area contributed by atoms with Crippen LogP contribution in [0.5, 0.6) is 0 Å². The second-order valence-electron chi connectivity index (χ2n) is 8.97. The highest BCUT2D eigenvalue weighted by molar-refractivity contribution is 6.30. The molecule has 1 atom stereocenters. The number of H-pyrrole nitrogens is 1. The van der Waals surface area contributed by atoms with Gasteiger partial charge in [-0.25, -0.2) is 4.79 Å². The van der Waals surface area contributed by atoms with Crippen LogP contribution in [0.1, 0.15) is 42.1 Å². The average Bonchev–Trinajstić information content (AvgIpc) is 3.19. The van der Waals surface area contributed by atoms with Crippen molar-refractivity contribution < 1.29 is 9.59 Å². The Labute approximate surface area is 196 Å². The molecule has 2 aliphatic rings. The Morgan fingerprint density at radius 1 is 0.909 bits per heavy atom. The van der Waals surface area contributed by atoms with Gasteiger partial charge >= 0.3 is 5.69 Å². The minimum absolute atomic E-state index is 0.0541. The fraction of sp³-hybridized carbons (Fsp3) is 0.400. The molecule has 33 heavy (non-hydrogen) atoms. The van der Waals surface area contributed by atoms with E-state index in [9.17, 15) is 14.4 Å². The zero-order valence-electron chi connectivity index (χ0n) is 18.4. The summed E-state index contributed by atoms with van der Waals surface area (Å²) in [5, 5.41) is 0.594. The molecule has 0 bridgehead atoms. The summed E-state index contributed by atoms with van der Waals surface area (Å²) in [5.41, 5.74) is 2.26. The molecule has 3 heterocycles. The van der Waals surface area contributed by atoms with Crippen molar-refractivity contribution in [3.63, 3.8) is 0 Å². The number of aromatic amines is 1. The number of aromatic nitrogens is 2. The topological polar surface area (TPSA) is 78.4 Å². The number of piperidine rings is 2. The molecule has 0 saturated carbocycles. The van der Waals surface area contributed by atoms with Crippen molar-refractivity contribution in [1.82, 2.24) is 19.4 Å². The predicted molar refractivity (Wildman–Crippen MR) is 127 cm³/mol. The van der Waals surface area contributed by atoms with E-state index >= 15 is 0 Å². The molecule has 0 unspecified atom stereocenters. The highest BCUT2D eigenvalue weighted by Gasteiger charge is 2.34. The van der Waals surface area contributed by atoms with Gasteiger partial charge in [0.1, 0.15) is 0 Å². The lowest BCUT2D eigenvalue weighted by Crippen LogP contribution is -2.49. The molecule has 2 saturated heterocycles. The number of rotatable bonds is 3. The monoisotopic (exact) mass is 466 g/mol. The molecule has 172 valence electrons. The van der Waals surface area contributed by atoms with E-state index in [4.69, 9.17) is 11.6 Å². The van der Waals surface area contributed by atoms with Crippen LogP contribution in [-0.2, 0) is 4.79 Å². The Hall–Kier alpha value is -3.06. The number of para-hydroxylation sites is 2. The van der Waals surface area contributed by atoms with Crippen molar-refractivity contribution in [1.29, 1.82) is 0 Å². The van der Waals surface area contributed by atoms with E-state index in [1.165, 1.54) is 0 Å². The number of carbonyl (C=O) groups is 2. The van der Waals surface area contributed by atoms with E-state index in [1.54, 1.807) is 29.2 Å². The number of nitrogens with zero attached hydrogens (tertiary/aromatic N) is 3. The van der Waals surface area contributed by atoms with Crippen LogP contribution in [0.2, 0.25) is 5.02 Å². The second-order valence-corrected chi connectivity index (χ2v) is 9.41. The zero-order chi connectivity index (χ0) is 22.9. The number of hydrogen-bond acceptors (Lipinski definition) is 3. The van der Waals surface area contributed by atoms with Gasteiger partial charge in [0, 0.05) is 42.8 Å². The van der Waals surface area contributed by atoms with Gasteiger partial charge in [0.15, 0.2) is 0 Å². The summed E-state index contributed by atoms with van der Waals surface area (Å²) < 4.78 is 1.84. The van der Waals surface area contributed by atoms with E-state index in [0.717, 1.165) is 36.7 Å². The number of nitrogens with one attached hydrogen (secondary N) is 1. The summed E-state index contributed by atoms with van der Waals surface area (Å²) in [6, 6.07) is 14.7. The van der Waals surface area contributed by atoms with Gasteiger partial charge in [-0.1, -0.05) is 23.7 Å². The molecule has 8 heteroatoms. The Balaban J connectivity index is 1.22. The van der Waals surface area contributed by atoms with Gasteiger partial charge in [-0.15, -0.1) is 0 Å². The van der Waals surface area contributed by atoms with Crippen molar-refractivity contribution in [2.45, 2.75) is 31.7 Å². The maximum Gasteiger partial charge on any atom is 0.326 e. The first-order valence-electron chi connectivity index (χ1n) is 11.5. The number of amides is 2. The summed E-state index contributed by atoms with van der Waals surface area (Å²) in [4.78, 5) is 45.3. The molecule has 3 aromatic rings. The molecule has 1 N–H and O–H groups in total.